The predicted octanol–water partition coefficient (Wildman–Crippen LogP) is 2.75. The second kappa shape index (κ2) is 6.94. The Balaban J connectivity index is 1.99. The Hall–Kier alpha value is -2.24. The van der Waals surface area contributed by atoms with Gasteiger partial charge in [-0.05, 0) is 51.5 Å². The summed E-state index contributed by atoms with van der Waals surface area (Å²) in [7, 11) is 5.52. The number of benzene rings is 1. The van der Waals surface area contributed by atoms with Crippen molar-refractivity contribution >= 4 is 17.7 Å². The summed E-state index contributed by atoms with van der Waals surface area (Å²) in [6.45, 7) is 8.84. The standard InChI is InChI=1S/C19H29N3O3/c1-13-10-14(8-9-16(13)17(23)20(5)6)21(7)15-11-22(12-15)18(24)25-19(2,3)4/h8-10,15H,11-12H2,1-7H3. The van der Waals surface area contributed by atoms with Crippen molar-refractivity contribution in [1.29, 1.82) is 0 Å². The highest BCUT2D eigenvalue weighted by Crippen LogP contribution is 2.25. The molecule has 25 heavy (non-hydrogen) atoms. The van der Waals surface area contributed by atoms with Gasteiger partial charge < -0.3 is 19.4 Å². The zero-order valence-corrected chi connectivity index (χ0v) is 16.3. The minimum atomic E-state index is -0.472. The number of likely N-dealkylation sites (N-methyl/N-ethyl adjacent to an activating group) is 1. The zero-order valence-electron chi connectivity index (χ0n) is 16.3. The van der Waals surface area contributed by atoms with Crippen molar-refractivity contribution in [2.24, 2.45) is 0 Å². The number of anilines is 1. The molecule has 1 aromatic rings. The number of nitrogens with zero attached hydrogens (tertiary/aromatic N) is 3. The van der Waals surface area contributed by atoms with Crippen LogP contribution < -0.4 is 4.90 Å². The van der Waals surface area contributed by atoms with Crippen LogP contribution in [0.25, 0.3) is 0 Å². The van der Waals surface area contributed by atoms with E-state index in [2.05, 4.69) is 4.90 Å². The molecule has 6 heteroatoms. The van der Waals surface area contributed by atoms with Crippen LogP contribution in [0.1, 0.15) is 36.7 Å². The molecule has 0 aromatic heterocycles. The maximum atomic E-state index is 12.1. The van der Waals surface area contributed by atoms with Gasteiger partial charge in [0.2, 0.25) is 0 Å². The van der Waals surface area contributed by atoms with Crippen molar-refractivity contribution in [2.75, 3.05) is 39.1 Å². The van der Waals surface area contributed by atoms with E-state index >= 15 is 0 Å². The molecule has 0 bridgehead atoms. The van der Waals surface area contributed by atoms with Gasteiger partial charge in [0.1, 0.15) is 5.60 Å². The van der Waals surface area contributed by atoms with E-state index in [1.165, 1.54) is 0 Å². The van der Waals surface area contributed by atoms with Gasteiger partial charge >= 0.3 is 6.09 Å². The van der Waals surface area contributed by atoms with Gasteiger partial charge in [0.25, 0.3) is 5.91 Å². The molecule has 2 rings (SSSR count). The molecule has 0 atom stereocenters. The van der Waals surface area contributed by atoms with E-state index in [1.807, 2.05) is 52.9 Å². The average Bonchev–Trinajstić information content (AvgIpc) is 2.42. The third kappa shape index (κ3) is 4.44. The normalized spacial score (nSPS) is 14.8. The van der Waals surface area contributed by atoms with Crippen LogP contribution in [0.2, 0.25) is 0 Å². The Kier molecular flexibility index (Phi) is 5.30. The highest BCUT2D eigenvalue weighted by atomic mass is 16.6. The third-order valence-corrected chi connectivity index (χ3v) is 4.32. The van der Waals surface area contributed by atoms with Gasteiger partial charge in [0.05, 0.1) is 6.04 Å². The van der Waals surface area contributed by atoms with E-state index in [0.717, 1.165) is 11.3 Å². The van der Waals surface area contributed by atoms with Crippen molar-refractivity contribution < 1.29 is 14.3 Å². The van der Waals surface area contributed by atoms with Crippen LogP contribution in [0.15, 0.2) is 18.2 Å². The first-order valence-electron chi connectivity index (χ1n) is 8.52. The number of aryl methyl sites for hydroxylation is 1. The molecule has 138 valence electrons. The van der Waals surface area contributed by atoms with Crippen molar-refractivity contribution in [3.8, 4) is 0 Å². The molecule has 1 fully saturated rings. The maximum Gasteiger partial charge on any atom is 0.410 e. The fraction of sp³-hybridized carbons (Fsp3) is 0.579. The quantitative estimate of drug-likeness (QED) is 0.844. The molecule has 0 aliphatic carbocycles. The Morgan fingerprint density at radius 3 is 2.24 bits per heavy atom. The number of hydrogen-bond donors (Lipinski definition) is 0. The lowest BCUT2D eigenvalue weighted by Gasteiger charge is -2.45. The number of hydrogen-bond acceptors (Lipinski definition) is 4. The van der Waals surface area contributed by atoms with E-state index in [4.69, 9.17) is 4.74 Å². The summed E-state index contributed by atoms with van der Waals surface area (Å²) >= 11 is 0. The molecule has 1 saturated heterocycles. The lowest BCUT2D eigenvalue weighted by molar-refractivity contribution is 0.00850. The molecule has 0 radical (unpaired) electrons. The van der Waals surface area contributed by atoms with Crippen molar-refractivity contribution in [2.45, 2.75) is 39.3 Å². The van der Waals surface area contributed by atoms with Gasteiger partial charge in [-0.25, -0.2) is 4.79 Å². The number of rotatable bonds is 3. The molecule has 0 N–H and O–H groups in total. The summed E-state index contributed by atoms with van der Waals surface area (Å²) in [5.41, 5.74) is 2.24. The molecule has 2 amide bonds. The fourth-order valence-corrected chi connectivity index (χ4v) is 2.73. The van der Waals surface area contributed by atoms with Crippen molar-refractivity contribution in [3.63, 3.8) is 0 Å². The van der Waals surface area contributed by atoms with Crippen LogP contribution in [0, 0.1) is 6.92 Å². The summed E-state index contributed by atoms with van der Waals surface area (Å²) in [5, 5.41) is 0. The first kappa shape index (κ1) is 19.1. The fourth-order valence-electron chi connectivity index (χ4n) is 2.73. The van der Waals surface area contributed by atoms with Gasteiger partial charge in [0, 0.05) is 45.5 Å². The van der Waals surface area contributed by atoms with Crippen LogP contribution in [0.5, 0.6) is 0 Å². The molecule has 1 aromatic carbocycles. The summed E-state index contributed by atoms with van der Waals surface area (Å²) < 4.78 is 5.39. The molecule has 1 heterocycles. The maximum absolute atomic E-state index is 12.1. The minimum absolute atomic E-state index is 0.00597. The molecule has 0 unspecified atom stereocenters. The Morgan fingerprint density at radius 1 is 1.16 bits per heavy atom. The summed E-state index contributed by atoms with van der Waals surface area (Å²) in [6, 6.07) is 6.10. The van der Waals surface area contributed by atoms with E-state index in [-0.39, 0.29) is 18.0 Å². The van der Waals surface area contributed by atoms with Crippen LogP contribution in [0.4, 0.5) is 10.5 Å². The predicted molar refractivity (Wildman–Crippen MR) is 99.2 cm³/mol. The van der Waals surface area contributed by atoms with E-state index < -0.39 is 5.60 Å². The molecule has 0 saturated carbocycles. The molecular formula is C19H29N3O3. The summed E-state index contributed by atoms with van der Waals surface area (Å²) in [5.74, 6) is 0.00597. The minimum Gasteiger partial charge on any atom is -0.444 e. The van der Waals surface area contributed by atoms with E-state index in [0.29, 0.717) is 18.7 Å². The molecule has 0 spiro atoms. The lowest BCUT2D eigenvalue weighted by atomic mass is 10.0. The van der Waals surface area contributed by atoms with Gasteiger partial charge in [-0.2, -0.15) is 0 Å². The summed E-state index contributed by atoms with van der Waals surface area (Å²) in [6.07, 6.45) is -0.264. The smallest absolute Gasteiger partial charge is 0.410 e. The molecule has 6 nitrogen and oxygen atoms in total. The second-order valence-electron chi connectivity index (χ2n) is 7.85. The monoisotopic (exact) mass is 347 g/mol. The lowest BCUT2D eigenvalue weighted by Crippen LogP contribution is -2.61. The van der Waals surface area contributed by atoms with Gasteiger partial charge in [-0.1, -0.05) is 0 Å². The second-order valence-corrected chi connectivity index (χ2v) is 7.85. The van der Waals surface area contributed by atoms with Crippen LogP contribution in [-0.4, -0.2) is 67.7 Å². The van der Waals surface area contributed by atoms with Crippen molar-refractivity contribution in [1.82, 2.24) is 9.80 Å². The van der Waals surface area contributed by atoms with Crippen LogP contribution in [-0.2, 0) is 4.74 Å². The number of amides is 2. The number of ether oxygens (including phenoxy) is 1. The Labute approximate surface area is 150 Å². The SMILES string of the molecule is Cc1cc(N(C)C2CN(C(=O)OC(C)(C)C)C2)ccc1C(=O)N(C)C. The molecular weight excluding hydrogens is 318 g/mol. The summed E-state index contributed by atoms with van der Waals surface area (Å²) in [4.78, 5) is 29.6. The topological polar surface area (TPSA) is 53.1 Å². The van der Waals surface area contributed by atoms with E-state index in [9.17, 15) is 9.59 Å². The van der Waals surface area contributed by atoms with E-state index in [1.54, 1.807) is 23.9 Å². The average molecular weight is 347 g/mol. The van der Waals surface area contributed by atoms with Gasteiger partial charge in [0.15, 0.2) is 0 Å². The van der Waals surface area contributed by atoms with Gasteiger partial charge in [-0.15, -0.1) is 0 Å². The Morgan fingerprint density at radius 2 is 1.76 bits per heavy atom. The number of carbonyl (C=O) groups excluding carboxylic acids is 2. The van der Waals surface area contributed by atoms with Gasteiger partial charge in [-0.3, -0.25) is 4.79 Å². The zero-order chi connectivity index (χ0) is 18.9. The number of carbonyl (C=O) groups is 2. The molecule has 1 aliphatic rings. The highest BCUT2D eigenvalue weighted by molar-refractivity contribution is 5.95. The van der Waals surface area contributed by atoms with Crippen molar-refractivity contribution in [3.05, 3.63) is 29.3 Å². The highest BCUT2D eigenvalue weighted by Gasteiger charge is 2.36. The first-order valence-corrected chi connectivity index (χ1v) is 8.52. The third-order valence-electron chi connectivity index (χ3n) is 4.32. The molecule has 1 aliphatic heterocycles. The first-order chi connectivity index (χ1) is 11.5. The Bertz CT molecular complexity index is 658. The number of likely N-dealkylation sites (tertiary alicyclic amines) is 1. The van der Waals surface area contributed by atoms with Crippen LogP contribution in [0.3, 0.4) is 0 Å². The van der Waals surface area contributed by atoms with Crippen LogP contribution >= 0.6 is 0 Å². The largest absolute Gasteiger partial charge is 0.444 e.